The number of carbonyl (C=O) groups excluding carboxylic acids is 1. The highest BCUT2D eigenvalue weighted by Crippen LogP contribution is 2.29. The minimum absolute atomic E-state index is 0.0389. The van der Waals surface area contributed by atoms with Crippen LogP contribution in [0.25, 0.3) is 0 Å². The van der Waals surface area contributed by atoms with Crippen molar-refractivity contribution in [3.63, 3.8) is 0 Å². The van der Waals surface area contributed by atoms with Crippen molar-refractivity contribution in [1.29, 1.82) is 0 Å². The van der Waals surface area contributed by atoms with Crippen LogP contribution < -0.4 is 5.32 Å². The van der Waals surface area contributed by atoms with Crippen LogP contribution in [0.15, 0.2) is 24.3 Å². The fourth-order valence-corrected chi connectivity index (χ4v) is 2.70. The van der Waals surface area contributed by atoms with Crippen LogP contribution in [0.4, 0.5) is 0 Å². The van der Waals surface area contributed by atoms with Gasteiger partial charge in [-0.15, -0.1) is 0 Å². The number of ether oxygens (including phenoxy) is 1. The summed E-state index contributed by atoms with van der Waals surface area (Å²) < 4.78 is 5.36. The zero-order chi connectivity index (χ0) is 14.8. The number of carbonyl (C=O) groups is 1. The monoisotopic (exact) mass is 275 g/mol. The molecular formula is C17H25NO2. The zero-order valence-electron chi connectivity index (χ0n) is 12.9. The molecule has 0 amide bonds. The second kappa shape index (κ2) is 5.96. The molecule has 2 rings (SSSR count). The Bertz CT molecular complexity index is 476. The summed E-state index contributed by atoms with van der Waals surface area (Å²) in [6, 6.07) is 9.00. The van der Waals surface area contributed by atoms with Crippen LogP contribution in [0.3, 0.4) is 0 Å². The third kappa shape index (κ3) is 3.83. The molecule has 0 saturated carbocycles. The first kappa shape index (κ1) is 15.0. The minimum atomic E-state index is -0.181. The molecule has 3 heteroatoms. The molecule has 110 valence electrons. The molecule has 1 fully saturated rings. The highest BCUT2D eigenvalue weighted by atomic mass is 16.5. The van der Waals surface area contributed by atoms with Crippen molar-refractivity contribution < 1.29 is 9.53 Å². The fourth-order valence-electron chi connectivity index (χ4n) is 2.70. The SMILES string of the molecule is CC(=O)OC1CCNC(c2cccc(C(C)(C)C)c2)C1. The van der Waals surface area contributed by atoms with Gasteiger partial charge in [-0.2, -0.15) is 0 Å². The molecule has 0 spiro atoms. The van der Waals surface area contributed by atoms with Crippen LogP contribution >= 0.6 is 0 Å². The molecule has 1 aliphatic heterocycles. The predicted octanol–water partition coefficient (Wildman–Crippen LogP) is 3.34. The number of nitrogens with one attached hydrogen (secondary N) is 1. The van der Waals surface area contributed by atoms with Crippen LogP contribution in [0, 0.1) is 0 Å². The van der Waals surface area contributed by atoms with Crippen LogP contribution in [-0.4, -0.2) is 18.6 Å². The molecule has 1 saturated heterocycles. The number of piperidine rings is 1. The van der Waals surface area contributed by atoms with E-state index in [1.165, 1.54) is 18.1 Å². The van der Waals surface area contributed by atoms with E-state index in [9.17, 15) is 4.79 Å². The molecule has 3 nitrogen and oxygen atoms in total. The predicted molar refractivity (Wildman–Crippen MR) is 80.7 cm³/mol. The maximum atomic E-state index is 11.1. The van der Waals surface area contributed by atoms with E-state index in [-0.39, 0.29) is 23.5 Å². The van der Waals surface area contributed by atoms with Gasteiger partial charge in [-0.1, -0.05) is 45.0 Å². The van der Waals surface area contributed by atoms with E-state index in [4.69, 9.17) is 4.74 Å². The molecule has 1 aromatic rings. The first-order chi connectivity index (χ1) is 9.36. The maximum absolute atomic E-state index is 11.1. The van der Waals surface area contributed by atoms with Gasteiger partial charge in [0, 0.05) is 19.4 Å². The Morgan fingerprint density at radius 3 is 2.75 bits per heavy atom. The summed E-state index contributed by atoms with van der Waals surface area (Å²) in [4.78, 5) is 11.1. The van der Waals surface area contributed by atoms with Gasteiger partial charge in [-0.3, -0.25) is 4.79 Å². The van der Waals surface area contributed by atoms with Gasteiger partial charge < -0.3 is 10.1 Å². The maximum Gasteiger partial charge on any atom is 0.302 e. The second-order valence-corrected chi connectivity index (χ2v) is 6.64. The lowest BCUT2D eigenvalue weighted by molar-refractivity contribution is -0.147. The summed E-state index contributed by atoms with van der Waals surface area (Å²) in [5.74, 6) is -0.181. The Hall–Kier alpha value is -1.35. The summed E-state index contributed by atoms with van der Waals surface area (Å²) in [5, 5.41) is 3.53. The Balaban J connectivity index is 2.13. The van der Waals surface area contributed by atoms with E-state index in [0.29, 0.717) is 0 Å². The van der Waals surface area contributed by atoms with Gasteiger partial charge >= 0.3 is 5.97 Å². The summed E-state index contributed by atoms with van der Waals surface area (Å²) >= 11 is 0. The summed E-state index contributed by atoms with van der Waals surface area (Å²) in [6.07, 6.45) is 1.79. The quantitative estimate of drug-likeness (QED) is 0.841. The van der Waals surface area contributed by atoms with E-state index in [1.54, 1.807) is 0 Å². The molecule has 0 aromatic heterocycles. The Morgan fingerprint density at radius 2 is 2.10 bits per heavy atom. The first-order valence-corrected chi connectivity index (χ1v) is 7.37. The van der Waals surface area contributed by atoms with Gasteiger partial charge in [-0.05, 0) is 29.5 Å². The van der Waals surface area contributed by atoms with Crippen molar-refractivity contribution in [3.8, 4) is 0 Å². The van der Waals surface area contributed by atoms with E-state index in [0.717, 1.165) is 19.4 Å². The molecule has 20 heavy (non-hydrogen) atoms. The molecule has 1 N–H and O–H groups in total. The lowest BCUT2D eigenvalue weighted by atomic mass is 9.84. The van der Waals surface area contributed by atoms with E-state index >= 15 is 0 Å². The van der Waals surface area contributed by atoms with Gasteiger partial charge in [0.15, 0.2) is 0 Å². The van der Waals surface area contributed by atoms with Gasteiger partial charge in [0.2, 0.25) is 0 Å². The van der Waals surface area contributed by atoms with Crippen molar-refractivity contribution in [2.75, 3.05) is 6.54 Å². The third-order valence-electron chi connectivity index (χ3n) is 3.84. The molecule has 2 atom stereocenters. The van der Waals surface area contributed by atoms with Crippen LogP contribution in [0.2, 0.25) is 0 Å². The Kier molecular flexibility index (Phi) is 4.48. The van der Waals surface area contributed by atoms with Crippen molar-refractivity contribution in [3.05, 3.63) is 35.4 Å². The molecule has 0 aliphatic carbocycles. The molecule has 1 aliphatic rings. The molecule has 1 aromatic carbocycles. The molecule has 2 unspecified atom stereocenters. The van der Waals surface area contributed by atoms with Gasteiger partial charge in [0.05, 0.1) is 0 Å². The van der Waals surface area contributed by atoms with Crippen LogP contribution in [0.5, 0.6) is 0 Å². The smallest absolute Gasteiger partial charge is 0.302 e. The molecule has 0 bridgehead atoms. The first-order valence-electron chi connectivity index (χ1n) is 7.37. The van der Waals surface area contributed by atoms with Crippen molar-refractivity contribution in [1.82, 2.24) is 5.32 Å². The van der Waals surface area contributed by atoms with Crippen LogP contribution in [0.1, 0.15) is 57.7 Å². The van der Waals surface area contributed by atoms with Crippen LogP contribution in [-0.2, 0) is 14.9 Å². The average Bonchev–Trinajstić information content (AvgIpc) is 2.37. The number of hydrogen-bond donors (Lipinski definition) is 1. The highest BCUT2D eigenvalue weighted by Gasteiger charge is 2.25. The Labute approximate surface area is 121 Å². The Morgan fingerprint density at radius 1 is 1.35 bits per heavy atom. The lowest BCUT2D eigenvalue weighted by Crippen LogP contribution is -2.36. The number of hydrogen-bond acceptors (Lipinski definition) is 3. The number of benzene rings is 1. The summed E-state index contributed by atoms with van der Waals surface area (Å²) in [7, 11) is 0. The van der Waals surface area contributed by atoms with E-state index < -0.39 is 0 Å². The van der Waals surface area contributed by atoms with Crippen molar-refractivity contribution in [2.24, 2.45) is 0 Å². The normalized spacial score (nSPS) is 23.4. The fraction of sp³-hybridized carbons (Fsp3) is 0.588. The van der Waals surface area contributed by atoms with E-state index in [2.05, 4.69) is 50.4 Å². The highest BCUT2D eigenvalue weighted by molar-refractivity contribution is 5.66. The largest absolute Gasteiger partial charge is 0.462 e. The van der Waals surface area contributed by atoms with Gasteiger partial charge in [0.1, 0.15) is 6.10 Å². The summed E-state index contributed by atoms with van der Waals surface area (Å²) in [6.45, 7) is 9.05. The third-order valence-corrected chi connectivity index (χ3v) is 3.84. The molecule has 1 heterocycles. The van der Waals surface area contributed by atoms with Crippen molar-refractivity contribution >= 4 is 5.97 Å². The lowest BCUT2D eigenvalue weighted by Gasteiger charge is -2.31. The standard InChI is InChI=1S/C17H25NO2/c1-12(19)20-15-8-9-18-16(11-15)13-6-5-7-14(10-13)17(2,3)4/h5-7,10,15-16,18H,8-9,11H2,1-4H3. The summed E-state index contributed by atoms with van der Waals surface area (Å²) in [5.41, 5.74) is 2.78. The van der Waals surface area contributed by atoms with E-state index in [1.807, 2.05) is 0 Å². The average molecular weight is 275 g/mol. The van der Waals surface area contributed by atoms with Crippen molar-refractivity contribution in [2.45, 2.75) is 58.1 Å². The number of rotatable bonds is 2. The topological polar surface area (TPSA) is 38.3 Å². The molecular weight excluding hydrogens is 250 g/mol. The second-order valence-electron chi connectivity index (χ2n) is 6.64. The number of esters is 1. The minimum Gasteiger partial charge on any atom is -0.462 e. The zero-order valence-corrected chi connectivity index (χ0v) is 12.9. The van der Waals surface area contributed by atoms with Gasteiger partial charge in [0.25, 0.3) is 0 Å². The van der Waals surface area contributed by atoms with Gasteiger partial charge in [-0.25, -0.2) is 0 Å². The molecule has 0 radical (unpaired) electrons.